The van der Waals surface area contributed by atoms with Gasteiger partial charge in [0.2, 0.25) is 0 Å². The van der Waals surface area contributed by atoms with E-state index in [9.17, 15) is 0 Å². The van der Waals surface area contributed by atoms with Crippen molar-refractivity contribution in [1.29, 1.82) is 0 Å². The normalized spacial score (nSPS) is 7.90. The molecule has 0 unspecified atom stereocenters. The second-order valence-corrected chi connectivity index (χ2v) is 1.84. The summed E-state index contributed by atoms with van der Waals surface area (Å²) in [6, 6.07) is 10.5. The van der Waals surface area contributed by atoms with E-state index < -0.39 is 0 Å². The predicted molar refractivity (Wildman–Crippen MR) is 50.7 cm³/mol. The summed E-state index contributed by atoms with van der Waals surface area (Å²) in [4.78, 5) is 0. The summed E-state index contributed by atoms with van der Waals surface area (Å²) in [5, 5.41) is 0. The molecule has 0 saturated carbocycles. The molecule has 0 radical (unpaired) electrons. The Balaban J connectivity index is 0.000000371. The first-order chi connectivity index (χ1) is 4.93. The number of aryl methyl sites for hydroxylation is 1. The largest absolute Gasteiger partial charge is 0.183 e. The predicted octanol–water partition coefficient (Wildman–Crippen LogP) is 2.80. The van der Waals surface area contributed by atoms with Crippen molar-refractivity contribution in [3.63, 3.8) is 0 Å². The van der Waals surface area contributed by atoms with E-state index in [-0.39, 0.29) is 0 Å². The van der Waals surface area contributed by atoms with Crippen LogP contribution < -0.4 is 0 Å². The Morgan fingerprint density at radius 2 is 1.60 bits per heavy atom. The van der Waals surface area contributed by atoms with Gasteiger partial charge in [-0.25, -0.2) is 0 Å². The maximum Gasteiger partial charge on any atom is -0.0215 e. The van der Waals surface area contributed by atoms with Crippen LogP contribution >= 0.6 is 12.6 Å². The lowest BCUT2D eigenvalue weighted by Crippen LogP contribution is -1.73. The van der Waals surface area contributed by atoms with Gasteiger partial charge in [0, 0.05) is 0 Å². The van der Waals surface area contributed by atoms with Gasteiger partial charge in [-0.3, -0.25) is 0 Å². The summed E-state index contributed by atoms with van der Waals surface area (Å²) in [5.74, 6) is 0. The summed E-state index contributed by atoms with van der Waals surface area (Å²) >= 11 is 3.53. The first kappa shape index (κ1) is 9.57. The standard InChI is InChI=1S/C8H10.CH4S/c1-2-8-6-4-3-5-7-8;1-2/h3-7H,2H2,1H3;2H,1H3. The Kier molecular flexibility index (Phi) is 6.40. The van der Waals surface area contributed by atoms with Crippen molar-refractivity contribution in [1.82, 2.24) is 0 Å². The topological polar surface area (TPSA) is 0 Å². The molecule has 0 nitrogen and oxygen atoms in total. The molecule has 0 saturated heterocycles. The number of hydrogen-bond donors (Lipinski definition) is 1. The lowest BCUT2D eigenvalue weighted by Gasteiger charge is -1.89. The highest BCUT2D eigenvalue weighted by molar-refractivity contribution is 7.79. The van der Waals surface area contributed by atoms with Crippen molar-refractivity contribution in [2.75, 3.05) is 6.26 Å². The van der Waals surface area contributed by atoms with Crippen LogP contribution in [0.1, 0.15) is 12.5 Å². The van der Waals surface area contributed by atoms with Gasteiger partial charge in [-0.2, -0.15) is 12.6 Å². The highest BCUT2D eigenvalue weighted by Gasteiger charge is 1.79. The molecule has 0 aliphatic carbocycles. The number of rotatable bonds is 1. The lowest BCUT2D eigenvalue weighted by molar-refractivity contribution is 1.14. The first-order valence-corrected chi connectivity index (χ1v) is 4.31. The van der Waals surface area contributed by atoms with Crippen molar-refractivity contribution < 1.29 is 0 Å². The van der Waals surface area contributed by atoms with Crippen molar-refractivity contribution >= 4 is 12.6 Å². The Bertz CT molecular complexity index is 146. The zero-order chi connectivity index (χ0) is 7.82. The highest BCUT2D eigenvalue weighted by atomic mass is 32.1. The number of benzene rings is 1. The van der Waals surface area contributed by atoms with Crippen molar-refractivity contribution in [3.05, 3.63) is 35.9 Å². The third-order valence-corrected chi connectivity index (χ3v) is 1.25. The first-order valence-electron chi connectivity index (χ1n) is 3.42. The van der Waals surface area contributed by atoms with Gasteiger partial charge in [0.25, 0.3) is 0 Å². The molecule has 0 atom stereocenters. The summed E-state index contributed by atoms with van der Waals surface area (Å²) < 4.78 is 0. The van der Waals surface area contributed by atoms with Crippen LogP contribution in [0.5, 0.6) is 0 Å². The zero-order valence-electron chi connectivity index (χ0n) is 6.54. The Labute approximate surface area is 68.7 Å². The van der Waals surface area contributed by atoms with E-state index in [2.05, 4.69) is 43.8 Å². The highest BCUT2D eigenvalue weighted by Crippen LogP contribution is 1.96. The Hall–Kier alpha value is -0.430. The molecule has 1 heteroatoms. The van der Waals surface area contributed by atoms with Crippen molar-refractivity contribution in [3.8, 4) is 0 Å². The number of hydrogen-bond acceptors (Lipinski definition) is 1. The average molecular weight is 154 g/mol. The van der Waals surface area contributed by atoms with Crippen LogP contribution in [-0.4, -0.2) is 6.26 Å². The summed E-state index contributed by atoms with van der Waals surface area (Å²) in [6.45, 7) is 2.16. The third kappa shape index (κ3) is 3.57. The van der Waals surface area contributed by atoms with Gasteiger partial charge in [0.15, 0.2) is 0 Å². The molecule has 0 heterocycles. The molecule has 10 heavy (non-hydrogen) atoms. The molecule has 0 aromatic heterocycles. The monoisotopic (exact) mass is 154 g/mol. The van der Waals surface area contributed by atoms with E-state index in [4.69, 9.17) is 0 Å². The third-order valence-electron chi connectivity index (χ3n) is 1.25. The maximum absolute atomic E-state index is 3.53. The van der Waals surface area contributed by atoms with E-state index in [1.165, 1.54) is 5.56 Å². The average Bonchev–Trinajstić information content (AvgIpc) is 2.10. The molecule has 1 aromatic rings. The smallest absolute Gasteiger partial charge is 0.0215 e. The van der Waals surface area contributed by atoms with E-state index >= 15 is 0 Å². The molecule has 0 aliphatic rings. The van der Waals surface area contributed by atoms with Gasteiger partial charge in [-0.15, -0.1) is 0 Å². The molecule has 0 spiro atoms. The summed E-state index contributed by atoms with van der Waals surface area (Å²) in [5.41, 5.74) is 1.41. The fourth-order valence-corrected chi connectivity index (χ4v) is 0.714. The van der Waals surface area contributed by atoms with Crippen molar-refractivity contribution in [2.45, 2.75) is 13.3 Å². The molecular formula is C9H14S. The van der Waals surface area contributed by atoms with Crippen LogP contribution in [-0.2, 0) is 6.42 Å². The van der Waals surface area contributed by atoms with Crippen LogP contribution in [0.4, 0.5) is 0 Å². The minimum atomic E-state index is 1.14. The summed E-state index contributed by atoms with van der Waals surface area (Å²) in [7, 11) is 0. The number of thiol groups is 1. The van der Waals surface area contributed by atoms with Gasteiger partial charge in [0.1, 0.15) is 0 Å². The quantitative estimate of drug-likeness (QED) is 0.591. The lowest BCUT2D eigenvalue weighted by atomic mass is 10.2. The van der Waals surface area contributed by atoms with Gasteiger partial charge >= 0.3 is 0 Å². The van der Waals surface area contributed by atoms with Crippen molar-refractivity contribution in [2.24, 2.45) is 0 Å². The van der Waals surface area contributed by atoms with Crippen LogP contribution in [0, 0.1) is 0 Å². The van der Waals surface area contributed by atoms with Gasteiger partial charge < -0.3 is 0 Å². The Morgan fingerprint density at radius 1 is 1.10 bits per heavy atom. The summed E-state index contributed by atoms with van der Waals surface area (Å²) in [6.07, 6.45) is 2.83. The fraction of sp³-hybridized carbons (Fsp3) is 0.333. The molecule has 1 aromatic carbocycles. The molecule has 0 amide bonds. The van der Waals surface area contributed by atoms with Crippen LogP contribution in [0.25, 0.3) is 0 Å². The second kappa shape index (κ2) is 6.69. The molecule has 1 rings (SSSR count). The van der Waals surface area contributed by atoms with Gasteiger partial charge in [0.05, 0.1) is 0 Å². The molecule has 0 aliphatic heterocycles. The van der Waals surface area contributed by atoms with Crippen LogP contribution in [0.15, 0.2) is 30.3 Å². The van der Waals surface area contributed by atoms with E-state index in [0.717, 1.165) is 6.42 Å². The van der Waals surface area contributed by atoms with Gasteiger partial charge in [-0.05, 0) is 18.2 Å². The minimum Gasteiger partial charge on any atom is -0.183 e. The van der Waals surface area contributed by atoms with E-state index in [1.54, 1.807) is 6.26 Å². The fourth-order valence-electron chi connectivity index (χ4n) is 0.714. The molecule has 0 fully saturated rings. The SMILES string of the molecule is CCc1ccccc1.CS. The van der Waals surface area contributed by atoms with E-state index in [1.807, 2.05) is 6.07 Å². The molecule has 0 bridgehead atoms. The zero-order valence-corrected chi connectivity index (χ0v) is 7.44. The molecule has 56 valence electrons. The van der Waals surface area contributed by atoms with E-state index in [0.29, 0.717) is 0 Å². The Morgan fingerprint density at radius 3 is 1.90 bits per heavy atom. The maximum atomic E-state index is 3.53. The van der Waals surface area contributed by atoms with Gasteiger partial charge in [-0.1, -0.05) is 37.3 Å². The minimum absolute atomic E-state index is 1.14. The second-order valence-electron chi connectivity index (χ2n) is 1.84. The molecule has 0 N–H and O–H groups in total. The van der Waals surface area contributed by atoms with Crippen LogP contribution in [0.2, 0.25) is 0 Å². The molecular weight excluding hydrogens is 140 g/mol. The van der Waals surface area contributed by atoms with Crippen LogP contribution in [0.3, 0.4) is 0 Å².